The lowest BCUT2D eigenvalue weighted by atomic mass is 10.1. The maximum absolute atomic E-state index is 11.0. The van der Waals surface area contributed by atoms with Crippen LogP contribution in [0.3, 0.4) is 0 Å². The van der Waals surface area contributed by atoms with E-state index in [4.69, 9.17) is 14.2 Å². The zero-order valence-corrected chi connectivity index (χ0v) is 10.8. The monoisotopic (exact) mass is 250 g/mol. The van der Waals surface area contributed by atoms with Crippen molar-refractivity contribution in [3.63, 3.8) is 0 Å². The van der Waals surface area contributed by atoms with Gasteiger partial charge in [-0.05, 0) is 31.4 Å². The number of ether oxygens (including phenoxy) is 3. The van der Waals surface area contributed by atoms with Crippen LogP contribution in [0.1, 0.15) is 35.2 Å². The lowest BCUT2D eigenvalue weighted by molar-refractivity contribution is -0.105. The maximum Gasteiger partial charge on any atom is 0.199 e. The molecule has 0 bridgehead atoms. The number of carbonyl (C=O) groups is 1. The summed E-state index contributed by atoms with van der Waals surface area (Å²) in [5.41, 5.74) is 1.41. The summed E-state index contributed by atoms with van der Waals surface area (Å²) in [5.74, 6) is 1.22. The Labute approximate surface area is 107 Å². The molecule has 1 fully saturated rings. The standard InChI is InChI=1S/C14H18O4/c1-10-7-11(8-13(16-2)12(10)9-15)18-14-5-3-4-6-17-14/h7-9,14H,3-6H2,1-2H3. The molecule has 4 nitrogen and oxygen atoms in total. The van der Waals surface area contributed by atoms with E-state index in [1.54, 1.807) is 13.2 Å². The van der Waals surface area contributed by atoms with Gasteiger partial charge < -0.3 is 14.2 Å². The molecular formula is C14H18O4. The van der Waals surface area contributed by atoms with Crippen LogP contribution < -0.4 is 9.47 Å². The van der Waals surface area contributed by atoms with Gasteiger partial charge in [0, 0.05) is 12.5 Å². The fraction of sp³-hybridized carbons (Fsp3) is 0.500. The molecule has 0 radical (unpaired) electrons. The van der Waals surface area contributed by atoms with Gasteiger partial charge >= 0.3 is 0 Å². The van der Waals surface area contributed by atoms with Crippen molar-refractivity contribution in [1.82, 2.24) is 0 Å². The summed E-state index contributed by atoms with van der Waals surface area (Å²) >= 11 is 0. The van der Waals surface area contributed by atoms with Crippen LogP contribution in [-0.2, 0) is 4.74 Å². The molecule has 1 aromatic carbocycles. The van der Waals surface area contributed by atoms with Crippen LogP contribution in [0.5, 0.6) is 11.5 Å². The highest BCUT2D eigenvalue weighted by Gasteiger charge is 2.17. The average Bonchev–Trinajstić information content (AvgIpc) is 2.39. The molecule has 1 atom stereocenters. The van der Waals surface area contributed by atoms with Crippen molar-refractivity contribution in [3.8, 4) is 11.5 Å². The molecule has 1 saturated heterocycles. The number of aryl methyl sites for hydroxylation is 1. The number of benzene rings is 1. The molecule has 0 spiro atoms. The highest BCUT2D eigenvalue weighted by atomic mass is 16.7. The largest absolute Gasteiger partial charge is 0.496 e. The van der Waals surface area contributed by atoms with E-state index < -0.39 is 0 Å². The Bertz CT molecular complexity index is 422. The summed E-state index contributed by atoms with van der Waals surface area (Å²) in [4.78, 5) is 11.0. The van der Waals surface area contributed by atoms with Gasteiger partial charge in [-0.1, -0.05) is 0 Å². The van der Waals surface area contributed by atoms with Crippen molar-refractivity contribution >= 4 is 6.29 Å². The highest BCUT2D eigenvalue weighted by molar-refractivity contribution is 5.82. The van der Waals surface area contributed by atoms with Crippen molar-refractivity contribution in [2.45, 2.75) is 32.5 Å². The van der Waals surface area contributed by atoms with Crippen molar-refractivity contribution in [2.24, 2.45) is 0 Å². The molecule has 1 aromatic rings. The quantitative estimate of drug-likeness (QED) is 0.771. The van der Waals surface area contributed by atoms with Crippen molar-refractivity contribution < 1.29 is 19.0 Å². The zero-order valence-electron chi connectivity index (χ0n) is 10.8. The van der Waals surface area contributed by atoms with E-state index >= 15 is 0 Å². The summed E-state index contributed by atoms with van der Waals surface area (Å²) in [7, 11) is 1.54. The third-order valence-electron chi connectivity index (χ3n) is 3.07. The van der Waals surface area contributed by atoms with E-state index in [1.807, 2.05) is 13.0 Å². The van der Waals surface area contributed by atoms with Gasteiger partial charge in [0.05, 0.1) is 19.3 Å². The van der Waals surface area contributed by atoms with Gasteiger partial charge in [-0.3, -0.25) is 4.79 Å². The molecule has 4 heteroatoms. The molecular weight excluding hydrogens is 232 g/mol. The predicted octanol–water partition coefficient (Wildman–Crippen LogP) is 2.72. The number of carbonyl (C=O) groups excluding carboxylic acids is 1. The van der Waals surface area contributed by atoms with E-state index in [-0.39, 0.29) is 6.29 Å². The first-order valence-corrected chi connectivity index (χ1v) is 6.16. The van der Waals surface area contributed by atoms with E-state index in [0.717, 1.165) is 37.7 Å². The van der Waals surface area contributed by atoms with Gasteiger partial charge in [0.1, 0.15) is 11.5 Å². The topological polar surface area (TPSA) is 44.8 Å². The van der Waals surface area contributed by atoms with Crippen LogP contribution in [0.2, 0.25) is 0 Å². The molecule has 0 N–H and O–H groups in total. The molecule has 18 heavy (non-hydrogen) atoms. The molecule has 0 amide bonds. The van der Waals surface area contributed by atoms with Gasteiger partial charge in [0.15, 0.2) is 12.6 Å². The Morgan fingerprint density at radius 3 is 2.83 bits per heavy atom. The first-order valence-electron chi connectivity index (χ1n) is 6.16. The van der Waals surface area contributed by atoms with Gasteiger partial charge in [0.2, 0.25) is 0 Å². The van der Waals surface area contributed by atoms with Crippen LogP contribution in [0.4, 0.5) is 0 Å². The molecule has 0 saturated carbocycles. The maximum atomic E-state index is 11.0. The Morgan fingerprint density at radius 2 is 2.22 bits per heavy atom. The molecule has 1 aliphatic heterocycles. The van der Waals surface area contributed by atoms with Crippen LogP contribution in [0.25, 0.3) is 0 Å². The first kappa shape index (κ1) is 12.9. The van der Waals surface area contributed by atoms with Crippen LogP contribution in [0.15, 0.2) is 12.1 Å². The summed E-state index contributed by atoms with van der Waals surface area (Å²) < 4.78 is 16.5. The molecule has 1 unspecified atom stereocenters. The number of rotatable bonds is 4. The second kappa shape index (κ2) is 5.87. The minimum Gasteiger partial charge on any atom is -0.496 e. The molecule has 0 aliphatic carbocycles. The van der Waals surface area contributed by atoms with Gasteiger partial charge in [-0.2, -0.15) is 0 Å². The van der Waals surface area contributed by atoms with Crippen LogP contribution in [0, 0.1) is 6.92 Å². The number of methoxy groups -OCH3 is 1. The Hall–Kier alpha value is -1.55. The lowest BCUT2D eigenvalue weighted by Gasteiger charge is -2.24. The fourth-order valence-electron chi connectivity index (χ4n) is 2.08. The van der Waals surface area contributed by atoms with E-state index in [9.17, 15) is 4.79 Å². The van der Waals surface area contributed by atoms with Crippen molar-refractivity contribution in [2.75, 3.05) is 13.7 Å². The Balaban J connectivity index is 2.17. The number of hydrogen-bond donors (Lipinski definition) is 0. The lowest BCUT2D eigenvalue weighted by Crippen LogP contribution is -2.25. The second-order valence-corrected chi connectivity index (χ2v) is 4.39. The summed E-state index contributed by atoms with van der Waals surface area (Å²) in [6, 6.07) is 3.57. The number of hydrogen-bond acceptors (Lipinski definition) is 4. The van der Waals surface area contributed by atoms with Gasteiger partial charge in [-0.25, -0.2) is 0 Å². The molecule has 2 rings (SSSR count). The third-order valence-corrected chi connectivity index (χ3v) is 3.07. The van der Waals surface area contributed by atoms with Crippen LogP contribution in [-0.4, -0.2) is 26.3 Å². The van der Waals surface area contributed by atoms with Gasteiger partial charge in [-0.15, -0.1) is 0 Å². The molecule has 98 valence electrons. The first-order chi connectivity index (χ1) is 8.74. The molecule has 1 heterocycles. The van der Waals surface area contributed by atoms with E-state index in [2.05, 4.69) is 0 Å². The minimum atomic E-state index is -0.190. The van der Waals surface area contributed by atoms with Crippen molar-refractivity contribution in [3.05, 3.63) is 23.3 Å². The second-order valence-electron chi connectivity index (χ2n) is 4.39. The predicted molar refractivity (Wildman–Crippen MR) is 67.3 cm³/mol. The number of aldehydes is 1. The van der Waals surface area contributed by atoms with Crippen molar-refractivity contribution in [1.29, 1.82) is 0 Å². The Morgan fingerprint density at radius 1 is 1.39 bits per heavy atom. The van der Waals surface area contributed by atoms with E-state index in [0.29, 0.717) is 17.1 Å². The SMILES string of the molecule is COc1cc(OC2CCCCO2)cc(C)c1C=O. The summed E-state index contributed by atoms with van der Waals surface area (Å²) in [6.07, 6.45) is 3.72. The highest BCUT2D eigenvalue weighted by Crippen LogP contribution is 2.29. The van der Waals surface area contributed by atoms with E-state index in [1.165, 1.54) is 0 Å². The third kappa shape index (κ3) is 2.82. The zero-order chi connectivity index (χ0) is 13.0. The summed E-state index contributed by atoms with van der Waals surface area (Å²) in [6.45, 7) is 2.61. The Kier molecular flexibility index (Phi) is 4.20. The molecule has 1 aliphatic rings. The summed E-state index contributed by atoms with van der Waals surface area (Å²) in [5, 5.41) is 0. The minimum absolute atomic E-state index is 0.190. The normalized spacial score (nSPS) is 19.3. The smallest absolute Gasteiger partial charge is 0.199 e. The van der Waals surface area contributed by atoms with Gasteiger partial charge in [0.25, 0.3) is 0 Å². The average molecular weight is 250 g/mol. The van der Waals surface area contributed by atoms with Crippen LogP contribution >= 0.6 is 0 Å². The fourth-order valence-corrected chi connectivity index (χ4v) is 2.08. The molecule has 0 aromatic heterocycles.